The monoisotopic (exact) mass is 451 g/mol. The van der Waals surface area contributed by atoms with E-state index in [2.05, 4.69) is 9.88 Å². The molecular weight excluding hydrogens is 422 g/mol. The van der Waals surface area contributed by atoms with E-state index in [9.17, 15) is 14.7 Å². The second-order valence-electron chi connectivity index (χ2n) is 8.01. The van der Waals surface area contributed by atoms with Crippen molar-refractivity contribution in [3.63, 3.8) is 0 Å². The number of nitrogens with zero attached hydrogens (tertiary/aromatic N) is 3. The van der Waals surface area contributed by atoms with E-state index in [0.29, 0.717) is 49.8 Å². The summed E-state index contributed by atoms with van der Waals surface area (Å²) in [5.41, 5.74) is 1.07. The molecular formula is C25H29N3O5. The average Bonchev–Trinajstić information content (AvgIpc) is 3.10. The van der Waals surface area contributed by atoms with Gasteiger partial charge >= 0.3 is 0 Å². The predicted molar refractivity (Wildman–Crippen MR) is 123 cm³/mol. The first-order valence-corrected chi connectivity index (χ1v) is 11.3. The lowest BCUT2D eigenvalue weighted by molar-refractivity contribution is -0.140. The molecule has 1 unspecified atom stereocenters. The molecule has 1 aromatic carbocycles. The van der Waals surface area contributed by atoms with Gasteiger partial charge in [0.05, 0.1) is 31.1 Å². The lowest BCUT2D eigenvalue weighted by Crippen LogP contribution is -2.39. The second-order valence-corrected chi connectivity index (χ2v) is 8.01. The van der Waals surface area contributed by atoms with Crippen LogP contribution in [0.5, 0.6) is 5.75 Å². The summed E-state index contributed by atoms with van der Waals surface area (Å²) in [6.45, 7) is 6.76. The molecule has 8 heteroatoms. The number of amides is 1. The lowest BCUT2D eigenvalue weighted by Gasteiger charge is -2.28. The topological polar surface area (TPSA) is 92.2 Å². The van der Waals surface area contributed by atoms with E-state index in [0.717, 1.165) is 19.6 Å². The van der Waals surface area contributed by atoms with Crippen molar-refractivity contribution < 1.29 is 24.2 Å². The van der Waals surface area contributed by atoms with E-state index in [-0.39, 0.29) is 11.3 Å². The second kappa shape index (κ2) is 10.6. The summed E-state index contributed by atoms with van der Waals surface area (Å²) in [7, 11) is 0. The molecule has 0 bridgehead atoms. The van der Waals surface area contributed by atoms with Gasteiger partial charge in [-0.05, 0) is 49.7 Å². The third kappa shape index (κ3) is 5.07. The van der Waals surface area contributed by atoms with Crippen LogP contribution in [-0.4, -0.2) is 77.6 Å². The number of aliphatic hydroxyl groups excluding tert-OH is 1. The molecule has 2 aliphatic heterocycles. The van der Waals surface area contributed by atoms with E-state index in [1.165, 1.54) is 4.90 Å². The molecule has 1 atom stereocenters. The van der Waals surface area contributed by atoms with Crippen molar-refractivity contribution in [1.29, 1.82) is 0 Å². The summed E-state index contributed by atoms with van der Waals surface area (Å²) < 4.78 is 10.8. The van der Waals surface area contributed by atoms with Gasteiger partial charge in [0.2, 0.25) is 0 Å². The van der Waals surface area contributed by atoms with E-state index in [4.69, 9.17) is 9.47 Å². The quantitative estimate of drug-likeness (QED) is 0.375. The maximum absolute atomic E-state index is 13.1. The molecule has 1 N–H and O–H groups in total. The van der Waals surface area contributed by atoms with Crippen LogP contribution in [0.1, 0.15) is 30.6 Å². The largest absolute Gasteiger partial charge is 0.507 e. The molecule has 3 heterocycles. The molecule has 2 aliphatic rings. The van der Waals surface area contributed by atoms with Crippen LogP contribution in [0.25, 0.3) is 5.76 Å². The van der Waals surface area contributed by atoms with Crippen molar-refractivity contribution in [3.8, 4) is 5.75 Å². The molecule has 0 spiro atoms. The number of morpholine rings is 1. The Morgan fingerprint density at radius 2 is 1.88 bits per heavy atom. The molecule has 1 amide bonds. The van der Waals surface area contributed by atoms with Crippen molar-refractivity contribution >= 4 is 17.4 Å². The van der Waals surface area contributed by atoms with Gasteiger partial charge < -0.3 is 19.5 Å². The maximum atomic E-state index is 13.1. The van der Waals surface area contributed by atoms with Crippen LogP contribution in [0, 0.1) is 0 Å². The van der Waals surface area contributed by atoms with Gasteiger partial charge in [0.1, 0.15) is 17.6 Å². The number of aromatic nitrogens is 1. The number of aliphatic hydroxyl groups is 1. The summed E-state index contributed by atoms with van der Waals surface area (Å²) >= 11 is 0. The molecule has 0 saturated carbocycles. The number of likely N-dealkylation sites (tertiary alicyclic amines) is 1. The molecule has 2 aromatic rings. The van der Waals surface area contributed by atoms with Crippen LogP contribution in [0.3, 0.4) is 0 Å². The Labute approximate surface area is 193 Å². The summed E-state index contributed by atoms with van der Waals surface area (Å²) in [6, 6.07) is 11.5. The number of hydrogen-bond donors (Lipinski definition) is 1. The van der Waals surface area contributed by atoms with E-state index >= 15 is 0 Å². The molecule has 0 aliphatic carbocycles. The molecule has 174 valence electrons. The van der Waals surface area contributed by atoms with E-state index in [1.807, 2.05) is 13.0 Å². The first kappa shape index (κ1) is 22.9. The van der Waals surface area contributed by atoms with Gasteiger partial charge in [-0.1, -0.05) is 6.07 Å². The Bertz CT molecular complexity index is 1000. The van der Waals surface area contributed by atoms with Crippen molar-refractivity contribution in [2.24, 2.45) is 0 Å². The zero-order valence-electron chi connectivity index (χ0n) is 18.8. The van der Waals surface area contributed by atoms with E-state index < -0.39 is 17.7 Å². The van der Waals surface area contributed by atoms with Crippen molar-refractivity contribution in [3.05, 3.63) is 65.5 Å². The highest BCUT2D eigenvalue weighted by Gasteiger charge is 2.46. The van der Waals surface area contributed by atoms with Crippen LogP contribution >= 0.6 is 0 Å². The number of carbonyl (C=O) groups excluding carboxylic acids is 2. The number of rotatable bonds is 8. The van der Waals surface area contributed by atoms with Crippen LogP contribution < -0.4 is 4.74 Å². The summed E-state index contributed by atoms with van der Waals surface area (Å²) in [5, 5.41) is 11.1. The van der Waals surface area contributed by atoms with Gasteiger partial charge in [0.15, 0.2) is 0 Å². The van der Waals surface area contributed by atoms with Crippen LogP contribution in [0.2, 0.25) is 0 Å². The van der Waals surface area contributed by atoms with Gasteiger partial charge in [-0.15, -0.1) is 0 Å². The lowest BCUT2D eigenvalue weighted by atomic mass is 9.98. The average molecular weight is 452 g/mol. The molecule has 1 aromatic heterocycles. The summed E-state index contributed by atoms with van der Waals surface area (Å²) in [4.78, 5) is 34.3. The molecule has 33 heavy (non-hydrogen) atoms. The maximum Gasteiger partial charge on any atom is 0.295 e. The molecule has 2 fully saturated rings. The zero-order valence-corrected chi connectivity index (χ0v) is 18.8. The fourth-order valence-corrected chi connectivity index (χ4v) is 4.28. The van der Waals surface area contributed by atoms with Gasteiger partial charge in [-0.3, -0.25) is 19.5 Å². The number of carbonyl (C=O) groups is 2. The van der Waals surface area contributed by atoms with E-state index in [1.54, 1.807) is 42.6 Å². The SMILES string of the molecule is CCOc1ccc(/C(O)=C2\C(=O)C(=O)N(CCCN3CCOCC3)C2c2ccccn2)cc1. The zero-order chi connectivity index (χ0) is 23.2. The highest BCUT2D eigenvalue weighted by molar-refractivity contribution is 6.46. The van der Waals surface area contributed by atoms with Crippen LogP contribution in [-0.2, 0) is 14.3 Å². The Morgan fingerprint density at radius 3 is 2.55 bits per heavy atom. The molecule has 2 saturated heterocycles. The van der Waals surface area contributed by atoms with Crippen molar-refractivity contribution in [2.75, 3.05) is 46.0 Å². The number of hydrogen-bond acceptors (Lipinski definition) is 7. The van der Waals surface area contributed by atoms with Crippen molar-refractivity contribution in [1.82, 2.24) is 14.8 Å². The van der Waals surface area contributed by atoms with Gasteiger partial charge in [0.25, 0.3) is 11.7 Å². The summed E-state index contributed by atoms with van der Waals surface area (Å²) in [5.74, 6) is -0.842. The normalized spacial score (nSPS) is 20.9. The third-order valence-electron chi connectivity index (χ3n) is 5.92. The predicted octanol–water partition coefficient (Wildman–Crippen LogP) is 2.62. The number of ether oxygens (including phenoxy) is 2. The Morgan fingerprint density at radius 1 is 1.12 bits per heavy atom. The highest BCUT2D eigenvalue weighted by Crippen LogP contribution is 2.38. The van der Waals surface area contributed by atoms with Gasteiger partial charge in [-0.2, -0.15) is 0 Å². The Balaban J connectivity index is 1.62. The fourth-order valence-electron chi connectivity index (χ4n) is 4.28. The van der Waals surface area contributed by atoms with Crippen molar-refractivity contribution in [2.45, 2.75) is 19.4 Å². The smallest absolute Gasteiger partial charge is 0.295 e. The highest BCUT2D eigenvalue weighted by atomic mass is 16.5. The Hall–Kier alpha value is -3.23. The first-order chi connectivity index (χ1) is 16.1. The fraction of sp³-hybridized carbons (Fsp3) is 0.400. The standard InChI is InChI=1S/C25H29N3O5/c1-2-33-19-9-7-18(8-10-19)23(29)21-22(20-6-3-4-11-26-20)28(25(31)24(21)30)13-5-12-27-14-16-32-17-15-27/h3-4,6-11,22,29H,2,5,12-17H2,1H3/b23-21+. The molecule has 8 nitrogen and oxygen atoms in total. The minimum atomic E-state index is -0.734. The minimum Gasteiger partial charge on any atom is -0.507 e. The number of Topliss-reactive ketones (excluding diaryl/α,β-unsaturated/α-hetero) is 1. The molecule has 0 radical (unpaired) electrons. The third-order valence-corrected chi connectivity index (χ3v) is 5.92. The first-order valence-electron chi connectivity index (χ1n) is 11.3. The van der Waals surface area contributed by atoms with Crippen LogP contribution in [0.4, 0.5) is 0 Å². The molecule has 4 rings (SSSR count). The number of benzene rings is 1. The Kier molecular flexibility index (Phi) is 7.36. The summed E-state index contributed by atoms with van der Waals surface area (Å²) in [6.07, 6.45) is 2.33. The minimum absolute atomic E-state index is 0.0641. The number of pyridine rings is 1. The van der Waals surface area contributed by atoms with Gasteiger partial charge in [0, 0.05) is 37.9 Å². The van der Waals surface area contributed by atoms with Gasteiger partial charge in [-0.25, -0.2) is 0 Å². The van der Waals surface area contributed by atoms with Crippen LogP contribution in [0.15, 0.2) is 54.2 Å². The number of ketones is 1.